The zero-order chi connectivity index (χ0) is 18.8. The number of carbonyl (C=O) groups excluding carboxylic acids is 1. The van der Waals surface area contributed by atoms with Crippen LogP contribution in [0.25, 0.3) is 0 Å². The van der Waals surface area contributed by atoms with Gasteiger partial charge in [-0.25, -0.2) is 8.42 Å². The van der Waals surface area contributed by atoms with Crippen molar-refractivity contribution < 1.29 is 22.7 Å². The molecule has 1 unspecified atom stereocenters. The van der Waals surface area contributed by atoms with Crippen LogP contribution in [0.1, 0.15) is 32.6 Å². The first kappa shape index (κ1) is 21.8. The maximum Gasteiger partial charge on any atom is 0.221 e. The zero-order valence-corrected chi connectivity index (χ0v) is 17.0. The maximum absolute atomic E-state index is 12.6. The Morgan fingerprint density at radius 1 is 1.26 bits per heavy atom. The van der Waals surface area contributed by atoms with Crippen LogP contribution in [0.5, 0.6) is 11.5 Å². The van der Waals surface area contributed by atoms with Crippen molar-refractivity contribution in [1.82, 2.24) is 5.32 Å². The van der Waals surface area contributed by atoms with E-state index in [1.54, 1.807) is 6.07 Å². The average molecular weight is 419 g/mol. The lowest BCUT2D eigenvalue weighted by atomic mass is 9.96. The van der Waals surface area contributed by atoms with Gasteiger partial charge < -0.3 is 20.5 Å². The minimum atomic E-state index is -3.60. The molecule has 152 valence electrons. The number of nitrogens with one attached hydrogen (secondary N) is 1. The highest BCUT2D eigenvalue weighted by Gasteiger charge is 2.41. The largest absolute Gasteiger partial charge is 0.490 e. The van der Waals surface area contributed by atoms with Crippen LogP contribution in [0.2, 0.25) is 0 Å². The highest BCUT2D eigenvalue weighted by Crippen LogP contribution is 2.39. The van der Waals surface area contributed by atoms with E-state index in [1.807, 2.05) is 6.92 Å². The molecule has 0 radical (unpaired) electrons. The molecule has 1 fully saturated rings. The van der Waals surface area contributed by atoms with Crippen LogP contribution in [-0.4, -0.2) is 45.4 Å². The van der Waals surface area contributed by atoms with E-state index in [-0.39, 0.29) is 35.4 Å². The Morgan fingerprint density at radius 3 is 2.56 bits per heavy atom. The van der Waals surface area contributed by atoms with Gasteiger partial charge in [-0.15, -0.1) is 12.4 Å². The van der Waals surface area contributed by atoms with Crippen LogP contribution < -0.4 is 20.5 Å². The summed E-state index contributed by atoms with van der Waals surface area (Å²) in [5.74, 6) is 0.807. The van der Waals surface area contributed by atoms with Gasteiger partial charge in [0.2, 0.25) is 5.91 Å². The van der Waals surface area contributed by atoms with Crippen molar-refractivity contribution in [2.24, 2.45) is 11.7 Å². The molecule has 3 N–H and O–H groups in total. The third-order valence-corrected chi connectivity index (χ3v) is 6.72. The first-order valence-corrected chi connectivity index (χ1v) is 10.6. The van der Waals surface area contributed by atoms with E-state index in [0.29, 0.717) is 37.2 Å². The van der Waals surface area contributed by atoms with Crippen LogP contribution in [0.3, 0.4) is 0 Å². The molecular formula is C18H27ClN2O5S. The molecule has 1 aliphatic heterocycles. The van der Waals surface area contributed by atoms with E-state index < -0.39 is 15.4 Å². The summed E-state index contributed by atoms with van der Waals surface area (Å²) in [7, 11) is -3.60. The first-order valence-electron chi connectivity index (χ1n) is 8.97. The highest BCUT2D eigenvalue weighted by atomic mass is 35.5. The molecule has 1 aromatic rings. The summed E-state index contributed by atoms with van der Waals surface area (Å²) in [6, 6.07) is 4.57. The van der Waals surface area contributed by atoms with E-state index in [4.69, 9.17) is 15.2 Å². The van der Waals surface area contributed by atoms with Gasteiger partial charge in [-0.05, 0) is 37.8 Å². The molecule has 3 rings (SSSR count). The molecule has 0 saturated heterocycles. The second-order valence-corrected chi connectivity index (χ2v) is 9.28. The van der Waals surface area contributed by atoms with Crippen LogP contribution in [0, 0.1) is 5.92 Å². The summed E-state index contributed by atoms with van der Waals surface area (Å²) >= 11 is 0. The number of hydrogen-bond donors (Lipinski definition) is 2. The first-order chi connectivity index (χ1) is 12.3. The molecule has 1 heterocycles. The third kappa shape index (κ3) is 5.27. The van der Waals surface area contributed by atoms with E-state index in [9.17, 15) is 13.2 Å². The zero-order valence-electron chi connectivity index (χ0n) is 15.4. The van der Waals surface area contributed by atoms with Gasteiger partial charge in [0.05, 0.1) is 29.4 Å². The number of ether oxygens (including phenoxy) is 2. The number of carbonyl (C=O) groups is 1. The number of rotatable bonds is 7. The summed E-state index contributed by atoms with van der Waals surface area (Å²) < 4.78 is 36.2. The molecule has 0 aromatic heterocycles. The monoisotopic (exact) mass is 418 g/mol. The quantitative estimate of drug-likeness (QED) is 0.697. The number of amides is 1. The molecule has 2 aliphatic rings. The SMILES string of the molecule is CC(CN)(NC(=O)CCS(=O)(=O)c1ccc2c(c1)OCCCO2)C1CC1.Cl. The Labute approximate surface area is 166 Å². The molecule has 1 aliphatic carbocycles. The standard InChI is InChI=1S/C18H26N2O5S.ClH/c1-18(12-19,13-3-4-13)20-17(21)7-10-26(22,23)14-5-6-15-16(11-14)25-9-2-8-24-15;/h5-6,11,13H,2-4,7-10,12,19H2,1H3,(H,20,21);1H. The van der Waals surface area contributed by atoms with E-state index in [1.165, 1.54) is 12.1 Å². The molecular weight excluding hydrogens is 392 g/mol. The Balaban J connectivity index is 0.00000261. The van der Waals surface area contributed by atoms with Gasteiger partial charge in [0.1, 0.15) is 0 Å². The lowest BCUT2D eigenvalue weighted by Crippen LogP contribution is -2.53. The van der Waals surface area contributed by atoms with E-state index in [0.717, 1.165) is 19.3 Å². The normalized spacial score (nSPS) is 18.6. The van der Waals surface area contributed by atoms with Crippen molar-refractivity contribution in [3.63, 3.8) is 0 Å². The van der Waals surface area contributed by atoms with Gasteiger partial charge in [0.25, 0.3) is 0 Å². The number of benzene rings is 1. The van der Waals surface area contributed by atoms with Crippen molar-refractivity contribution in [3.8, 4) is 11.5 Å². The minimum Gasteiger partial charge on any atom is -0.490 e. The predicted molar refractivity (Wildman–Crippen MR) is 104 cm³/mol. The Morgan fingerprint density at radius 2 is 1.93 bits per heavy atom. The Bertz CT molecular complexity index is 782. The number of nitrogens with two attached hydrogens (primary N) is 1. The number of halogens is 1. The molecule has 1 aromatic carbocycles. The van der Waals surface area contributed by atoms with Gasteiger partial charge in [0, 0.05) is 25.5 Å². The lowest BCUT2D eigenvalue weighted by molar-refractivity contribution is -0.122. The molecule has 9 heteroatoms. The molecule has 0 bridgehead atoms. The molecule has 27 heavy (non-hydrogen) atoms. The second-order valence-electron chi connectivity index (χ2n) is 7.17. The molecule has 1 amide bonds. The highest BCUT2D eigenvalue weighted by molar-refractivity contribution is 7.91. The fraction of sp³-hybridized carbons (Fsp3) is 0.611. The summed E-state index contributed by atoms with van der Waals surface area (Å²) in [6.07, 6.45) is 2.74. The van der Waals surface area contributed by atoms with Crippen molar-refractivity contribution in [3.05, 3.63) is 18.2 Å². The lowest BCUT2D eigenvalue weighted by Gasteiger charge is -2.29. The van der Waals surface area contributed by atoms with Gasteiger partial charge in [-0.2, -0.15) is 0 Å². The summed E-state index contributed by atoms with van der Waals surface area (Å²) in [5, 5.41) is 2.91. The number of hydrogen-bond acceptors (Lipinski definition) is 6. The number of sulfone groups is 1. The average Bonchev–Trinajstić information content (AvgIpc) is 3.46. The van der Waals surface area contributed by atoms with Crippen LogP contribution in [0.4, 0.5) is 0 Å². The van der Waals surface area contributed by atoms with Crippen molar-refractivity contribution >= 4 is 28.2 Å². The van der Waals surface area contributed by atoms with Crippen molar-refractivity contribution in [2.75, 3.05) is 25.5 Å². The fourth-order valence-corrected chi connectivity index (χ4v) is 4.36. The summed E-state index contributed by atoms with van der Waals surface area (Å²) in [5.41, 5.74) is 5.34. The molecule has 1 saturated carbocycles. The van der Waals surface area contributed by atoms with Crippen molar-refractivity contribution in [1.29, 1.82) is 0 Å². The Hall–Kier alpha value is -1.51. The van der Waals surface area contributed by atoms with Gasteiger partial charge in [0.15, 0.2) is 21.3 Å². The smallest absolute Gasteiger partial charge is 0.221 e. The molecule has 1 atom stereocenters. The van der Waals surface area contributed by atoms with E-state index in [2.05, 4.69) is 5.32 Å². The van der Waals surface area contributed by atoms with Crippen molar-refractivity contribution in [2.45, 2.75) is 43.0 Å². The predicted octanol–water partition coefficient (Wildman–Crippen LogP) is 1.68. The maximum atomic E-state index is 12.6. The Kier molecular flexibility index (Phi) is 6.99. The fourth-order valence-electron chi connectivity index (χ4n) is 3.10. The van der Waals surface area contributed by atoms with Gasteiger partial charge >= 0.3 is 0 Å². The second kappa shape index (κ2) is 8.67. The van der Waals surface area contributed by atoms with Crippen LogP contribution in [-0.2, 0) is 14.6 Å². The summed E-state index contributed by atoms with van der Waals surface area (Å²) in [6.45, 7) is 3.29. The summed E-state index contributed by atoms with van der Waals surface area (Å²) in [4.78, 5) is 12.4. The van der Waals surface area contributed by atoms with Crippen LogP contribution >= 0.6 is 12.4 Å². The number of fused-ring (bicyclic) bond motifs is 1. The van der Waals surface area contributed by atoms with Crippen LogP contribution in [0.15, 0.2) is 23.1 Å². The van der Waals surface area contributed by atoms with Gasteiger partial charge in [-0.1, -0.05) is 0 Å². The molecule has 0 spiro atoms. The third-order valence-electron chi connectivity index (χ3n) is 5.00. The van der Waals surface area contributed by atoms with E-state index >= 15 is 0 Å². The van der Waals surface area contributed by atoms with Gasteiger partial charge in [-0.3, -0.25) is 4.79 Å². The minimum absolute atomic E-state index is 0. The topological polar surface area (TPSA) is 108 Å². The molecule has 7 nitrogen and oxygen atoms in total.